The fraction of sp³-hybridized carbons (Fsp3) is 0.846. The van der Waals surface area contributed by atoms with E-state index >= 15 is 0 Å². The van der Waals surface area contributed by atoms with Gasteiger partial charge in [-0.15, -0.1) is 0 Å². The molecule has 2 amide bonds. The average Bonchev–Trinajstić information content (AvgIpc) is 2.66. The first-order chi connectivity index (χ1) is 8.43. The molecule has 1 saturated heterocycles. The minimum absolute atomic E-state index is 0.0535. The van der Waals surface area contributed by atoms with E-state index in [0.29, 0.717) is 25.4 Å². The van der Waals surface area contributed by atoms with E-state index in [-0.39, 0.29) is 30.3 Å². The van der Waals surface area contributed by atoms with Gasteiger partial charge in [0.15, 0.2) is 0 Å². The number of likely N-dealkylation sites (tertiary alicyclic amines) is 1. The summed E-state index contributed by atoms with van der Waals surface area (Å²) in [6.45, 7) is 7.75. The Morgan fingerprint density at radius 2 is 2.17 bits per heavy atom. The molecular formula is C13H24N2O3. The van der Waals surface area contributed by atoms with Crippen LogP contribution in [0.5, 0.6) is 0 Å². The van der Waals surface area contributed by atoms with Gasteiger partial charge in [-0.1, -0.05) is 20.8 Å². The highest BCUT2D eigenvalue weighted by atomic mass is 16.3. The molecule has 5 heteroatoms. The molecule has 0 aromatic heterocycles. The predicted octanol–water partition coefficient (Wildman–Crippen LogP) is 0.235. The van der Waals surface area contributed by atoms with Crippen LogP contribution >= 0.6 is 0 Å². The summed E-state index contributed by atoms with van der Waals surface area (Å²) in [5, 5.41) is 11.7. The molecule has 18 heavy (non-hydrogen) atoms. The quantitative estimate of drug-likeness (QED) is 0.715. The predicted molar refractivity (Wildman–Crippen MR) is 68.8 cm³/mol. The van der Waals surface area contributed by atoms with Gasteiger partial charge in [0.05, 0.1) is 5.92 Å². The number of nitrogens with zero attached hydrogens (tertiary/aromatic N) is 1. The van der Waals surface area contributed by atoms with Crippen LogP contribution < -0.4 is 5.32 Å². The van der Waals surface area contributed by atoms with Crippen molar-refractivity contribution in [2.24, 2.45) is 17.8 Å². The van der Waals surface area contributed by atoms with Gasteiger partial charge in [-0.2, -0.15) is 0 Å². The van der Waals surface area contributed by atoms with Crippen molar-refractivity contribution in [3.05, 3.63) is 0 Å². The number of amides is 2. The lowest BCUT2D eigenvalue weighted by atomic mass is 10.1. The fourth-order valence-corrected chi connectivity index (χ4v) is 2.05. The molecule has 0 aromatic rings. The fourth-order valence-electron chi connectivity index (χ4n) is 2.05. The number of aliphatic hydroxyl groups excluding tert-OH is 1. The van der Waals surface area contributed by atoms with Gasteiger partial charge in [-0.05, 0) is 11.8 Å². The molecular weight excluding hydrogens is 232 g/mol. The second-order valence-electron chi connectivity index (χ2n) is 5.63. The molecule has 2 unspecified atom stereocenters. The summed E-state index contributed by atoms with van der Waals surface area (Å²) in [5.74, 6) is 0.235. The molecule has 0 aliphatic carbocycles. The third-order valence-corrected chi connectivity index (χ3v) is 3.11. The molecule has 0 aromatic carbocycles. The summed E-state index contributed by atoms with van der Waals surface area (Å²) in [6.07, 6.45) is 0.312. The Kier molecular flexibility index (Phi) is 5.59. The minimum atomic E-state index is -0.234. The van der Waals surface area contributed by atoms with Gasteiger partial charge in [0, 0.05) is 32.7 Å². The van der Waals surface area contributed by atoms with Crippen LogP contribution in [-0.2, 0) is 9.59 Å². The van der Waals surface area contributed by atoms with Crippen molar-refractivity contribution in [2.45, 2.75) is 27.2 Å². The Morgan fingerprint density at radius 3 is 2.72 bits per heavy atom. The molecule has 5 nitrogen and oxygen atoms in total. The Bertz CT molecular complexity index is 305. The van der Waals surface area contributed by atoms with Crippen LogP contribution in [0.15, 0.2) is 0 Å². The number of hydrogen-bond donors (Lipinski definition) is 2. The van der Waals surface area contributed by atoms with Crippen molar-refractivity contribution in [3.63, 3.8) is 0 Å². The highest BCUT2D eigenvalue weighted by Gasteiger charge is 2.34. The van der Waals surface area contributed by atoms with E-state index in [9.17, 15) is 9.59 Å². The van der Waals surface area contributed by atoms with Crippen molar-refractivity contribution >= 4 is 11.8 Å². The zero-order valence-corrected chi connectivity index (χ0v) is 11.5. The zero-order chi connectivity index (χ0) is 13.7. The summed E-state index contributed by atoms with van der Waals surface area (Å²) in [4.78, 5) is 25.4. The average molecular weight is 256 g/mol. The Morgan fingerprint density at radius 1 is 1.50 bits per heavy atom. The Labute approximate surface area is 109 Å². The van der Waals surface area contributed by atoms with Gasteiger partial charge in [-0.25, -0.2) is 0 Å². The van der Waals surface area contributed by atoms with Gasteiger partial charge >= 0.3 is 0 Å². The standard InChI is InChI=1S/C13H24N2O3/c1-9(2)6-15-7-11(4-12(15)17)13(18)14-5-10(3)8-16/h9-11,16H,4-8H2,1-3H3,(H,14,18). The van der Waals surface area contributed by atoms with E-state index in [1.807, 2.05) is 6.92 Å². The number of rotatable bonds is 6. The highest BCUT2D eigenvalue weighted by Crippen LogP contribution is 2.19. The maximum absolute atomic E-state index is 11.9. The molecule has 0 radical (unpaired) electrons. The van der Waals surface area contributed by atoms with E-state index in [2.05, 4.69) is 19.2 Å². The van der Waals surface area contributed by atoms with E-state index in [1.54, 1.807) is 4.90 Å². The first kappa shape index (κ1) is 15.0. The lowest BCUT2D eigenvalue weighted by molar-refractivity contribution is -0.129. The molecule has 2 atom stereocenters. The third-order valence-electron chi connectivity index (χ3n) is 3.11. The van der Waals surface area contributed by atoms with Crippen LogP contribution in [0.25, 0.3) is 0 Å². The molecule has 1 fully saturated rings. The molecule has 1 aliphatic heterocycles. The molecule has 0 saturated carbocycles. The molecule has 0 bridgehead atoms. The second-order valence-corrected chi connectivity index (χ2v) is 5.63. The molecule has 104 valence electrons. The minimum Gasteiger partial charge on any atom is -0.396 e. The molecule has 0 spiro atoms. The number of nitrogens with one attached hydrogen (secondary N) is 1. The van der Waals surface area contributed by atoms with E-state index < -0.39 is 0 Å². The topological polar surface area (TPSA) is 69.6 Å². The van der Waals surface area contributed by atoms with Gasteiger partial charge in [-0.3, -0.25) is 9.59 Å². The SMILES string of the molecule is CC(C)CN1CC(C(=O)NCC(C)CO)CC1=O. The number of aliphatic hydroxyl groups is 1. The van der Waals surface area contributed by atoms with Crippen LogP contribution in [0.3, 0.4) is 0 Å². The summed E-state index contributed by atoms with van der Waals surface area (Å²) in [7, 11) is 0. The summed E-state index contributed by atoms with van der Waals surface area (Å²) < 4.78 is 0. The van der Waals surface area contributed by atoms with Crippen LogP contribution in [0.2, 0.25) is 0 Å². The smallest absolute Gasteiger partial charge is 0.225 e. The van der Waals surface area contributed by atoms with E-state index in [1.165, 1.54) is 0 Å². The lowest BCUT2D eigenvalue weighted by Crippen LogP contribution is -2.36. The van der Waals surface area contributed by atoms with Gasteiger partial charge in [0.25, 0.3) is 0 Å². The largest absolute Gasteiger partial charge is 0.396 e. The van der Waals surface area contributed by atoms with Gasteiger partial charge in [0.1, 0.15) is 0 Å². The van der Waals surface area contributed by atoms with E-state index in [4.69, 9.17) is 5.11 Å². The van der Waals surface area contributed by atoms with Crippen molar-refractivity contribution in [1.82, 2.24) is 10.2 Å². The first-order valence-electron chi connectivity index (χ1n) is 6.60. The number of hydrogen-bond acceptors (Lipinski definition) is 3. The summed E-state index contributed by atoms with van der Waals surface area (Å²) >= 11 is 0. The summed E-state index contributed by atoms with van der Waals surface area (Å²) in [5.41, 5.74) is 0. The van der Waals surface area contributed by atoms with Crippen LogP contribution in [0.4, 0.5) is 0 Å². The highest BCUT2D eigenvalue weighted by molar-refractivity contribution is 5.89. The molecule has 2 N–H and O–H groups in total. The molecule has 1 rings (SSSR count). The zero-order valence-electron chi connectivity index (χ0n) is 11.5. The lowest BCUT2D eigenvalue weighted by Gasteiger charge is -2.19. The van der Waals surface area contributed by atoms with Crippen LogP contribution in [0.1, 0.15) is 27.2 Å². The molecule has 1 heterocycles. The first-order valence-corrected chi connectivity index (χ1v) is 6.60. The maximum atomic E-state index is 11.9. The maximum Gasteiger partial charge on any atom is 0.225 e. The summed E-state index contributed by atoms with van der Waals surface area (Å²) in [6, 6.07) is 0. The number of carbonyl (C=O) groups is 2. The van der Waals surface area contributed by atoms with E-state index in [0.717, 1.165) is 6.54 Å². The monoisotopic (exact) mass is 256 g/mol. The Balaban J connectivity index is 2.40. The second kappa shape index (κ2) is 6.73. The van der Waals surface area contributed by atoms with Gasteiger partial charge in [0.2, 0.25) is 11.8 Å². The van der Waals surface area contributed by atoms with Crippen LogP contribution in [-0.4, -0.2) is 48.1 Å². The number of carbonyl (C=O) groups excluding carboxylic acids is 2. The van der Waals surface area contributed by atoms with Gasteiger partial charge < -0.3 is 15.3 Å². The van der Waals surface area contributed by atoms with Crippen molar-refractivity contribution in [2.75, 3.05) is 26.2 Å². The normalized spacial score (nSPS) is 21.5. The molecule has 1 aliphatic rings. The van der Waals surface area contributed by atoms with Crippen molar-refractivity contribution in [3.8, 4) is 0 Å². The van der Waals surface area contributed by atoms with Crippen molar-refractivity contribution in [1.29, 1.82) is 0 Å². The third kappa shape index (κ3) is 4.29. The van der Waals surface area contributed by atoms with Crippen molar-refractivity contribution < 1.29 is 14.7 Å². The Hall–Kier alpha value is -1.10. The van der Waals surface area contributed by atoms with Crippen LogP contribution in [0, 0.1) is 17.8 Å².